The molecule has 0 aliphatic rings. The lowest BCUT2D eigenvalue weighted by molar-refractivity contribution is 0.0461. The number of nitrogens with two attached hydrogens (primary N) is 1. The first-order valence-corrected chi connectivity index (χ1v) is 10.4. The average Bonchev–Trinajstić information content (AvgIpc) is 3.11. The summed E-state index contributed by atoms with van der Waals surface area (Å²) in [7, 11) is 0. The Hall–Kier alpha value is -3.74. The normalized spacial score (nSPS) is 11.6. The van der Waals surface area contributed by atoms with Gasteiger partial charge in [-0.05, 0) is 60.7 Å². The van der Waals surface area contributed by atoms with Crippen LogP contribution in [0.4, 0.5) is 9.18 Å². The van der Waals surface area contributed by atoms with E-state index in [1.807, 2.05) is 41.9 Å². The third-order valence-corrected chi connectivity index (χ3v) is 5.37. The largest absolute Gasteiger partial charge is 0.443 e. The van der Waals surface area contributed by atoms with Crippen LogP contribution in [0, 0.1) is 12.7 Å². The molecule has 2 heterocycles. The number of carbonyl (C=O) groups is 1. The molecular formula is C25H25FN4O2. The van der Waals surface area contributed by atoms with Crippen LogP contribution < -0.4 is 5.73 Å². The summed E-state index contributed by atoms with van der Waals surface area (Å²) in [4.78, 5) is 16.1. The smallest absolute Gasteiger partial charge is 0.405 e. The van der Waals surface area contributed by atoms with Crippen molar-refractivity contribution in [2.24, 2.45) is 5.73 Å². The summed E-state index contributed by atoms with van der Waals surface area (Å²) >= 11 is 0. The van der Waals surface area contributed by atoms with E-state index in [0.717, 1.165) is 38.9 Å². The van der Waals surface area contributed by atoms with Crippen molar-refractivity contribution in [3.8, 4) is 11.1 Å². The number of fused-ring (bicyclic) bond motifs is 1. The Morgan fingerprint density at radius 2 is 1.91 bits per heavy atom. The Morgan fingerprint density at radius 1 is 1.16 bits per heavy atom. The number of pyridine rings is 1. The number of aromatic nitrogens is 3. The van der Waals surface area contributed by atoms with Gasteiger partial charge in [0, 0.05) is 18.0 Å². The predicted octanol–water partition coefficient (Wildman–Crippen LogP) is 5.01. The van der Waals surface area contributed by atoms with E-state index in [-0.39, 0.29) is 5.82 Å². The summed E-state index contributed by atoms with van der Waals surface area (Å²) in [6.45, 7) is 6.03. The van der Waals surface area contributed by atoms with Crippen LogP contribution in [0.2, 0.25) is 0 Å². The Kier molecular flexibility index (Phi) is 5.65. The maximum atomic E-state index is 13.8. The molecule has 2 aromatic heterocycles. The van der Waals surface area contributed by atoms with Gasteiger partial charge < -0.3 is 10.5 Å². The van der Waals surface area contributed by atoms with Gasteiger partial charge in [0.2, 0.25) is 0 Å². The second kappa shape index (κ2) is 8.42. The molecule has 6 nitrogen and oxygen atoms in total. The third kappa shape index (κ3) is 4.46. The number of hydrogen-bond donors (Lipinski definition) is 1. The van der Waals surface area contributed by atoms with E-state index in [0.29, 0.717) is 13.0 Å². The van der Waals surface area contributed by atoms with Crippen LogP contribution in [0.1, 0.15) is 30.5 Å². The monoisotopic (exact) mass is 432 g/mol. The number of nitrogens with zero attached hydrogens (tertiary/aromatic N) is 3. The number of primary amides is 1. The van der Waals surface area contributed by atoms with E-state index in [1.165, 1.54) is 12.1 Å². The zero-order valence-corrected chi connectivity index (χ0v) is 18.3. The number of benzene rings is 2. The van der Waals surface area contributed by atoms with Crippen LogP contribution in [0.5, 0.6) is 0 Å². The van der Waals surface area contributed by atoms with Crippen LogP contribution in [-0.2, 0) is 17.7 Å². The highest BCUT2D eigenvalue weighted by Gasteiger charge is 2.26. The van der Waals surface area contributed by atoms with Gasteiger partial charge in [-0.1, -0.05) is 36.4 Å². The van der Waals surface area contributed by atoms with E-state index in [9.17, 15) is 9.18 Å². The van der Waals surface area contributed by atoms with Gasteiger partial charge in [-0.3, -0.25) is 0 Å². The Balaban J connectivity index is 1.87. The predicted molar refractivity (Wildman–Crippen MR) is 122 cm³/mol. The summed E-state index contributed by atoms with van der Waals surface area (Å²) in [6.07, 6.45) is 3.11. The van der Waals surface area contributed by atoms with Gasteiger partial charge in [-0.2, -0.15) is 5.10 Å². The molecule has 32 heavy (non-hydrogen) atoms. The maximum Gasteiger partial charge on any atom is 0.405 e. The lowest BCUT2D eigenvalue weighted by Crippen LogP contribution is -2.33. The van der Waals surface area contributed by atoms with Crippen LogP contribution in [0.25, 0.3) is 22.2 Å². The molecule has 0 saturated heterocycles. The van der Waals surface area contributed by atoms with E-state index < -0.39 is 11.7 Å². The van der Waals surface area contributed by atoms with Gasteiger partial charge in [-0.25, -0.2) is 18.9 Å². The Morgan fingerprint density at radius 3 is 2.59 bits per heavy atom. The molecule has 2 aromatic carbocycles. The molecule has 0 spiro atoms. The first-order chi connectivity index (χ1) is 15.2. The fourth-order valence-corrected chi connectivity index (χ4v) is 4.07. The number of amides is 1. The SMILES string of the molecule is Cc1cc(F)ccc1-c1c(CC(C)(C)OC(N)=O)cnc2c1cnn2Cc1ccccc1. The zero-order valence-electron chi connectivity index (χ0n) is 18.3. The first kappa shape index (κ1) is 21.5. The lowest BCUT2D eigenvalue weighted by Gasteiger charge is -2.25. The van der Waals surface area contributed by atoms with Crippen molar-refractivity contribution in [1.29, 1.82) is 0 Å². The van der Waals surface area contributed by atoms with Crippen LogP contribution in [-0.4, -0.2) is 26.5 Å². The van der Waals surface area contributed by atoms with Gasteiger partial charge >= 0.3 is 6.09 Å². The van der Waals surface area contributed by atoms with Gasteiger partial charge in [0.25, 0.3) is 0 Å². The number of hydrogen-bond acceptors (Lipinski definition) is 4. The fraction of sp³-hybridized carbons (Fsp3) is 0.240. The van der Waals surface area contributed by atoms with Crippen LogP contribution >= 0.6 is 0 Å². The van der Waals surface area contributed by atoms with Crippen molar-refractivity contribution >= 4 is 17.1 Å². The molecule has 0 radical (unpaired) electrons. The summed E-state index contributed by atoms with van der Waals surface area (Å²) in [5.74, 6) is -0.296. The topological polar surface area (TPSA) is 83.0 Å². The molecule has 0 bridgehead atoms. The zero-order chi connectivity index (χ0) is 22.9. The molecule has 2 N–H and O–H groups in total. The average molecular weight is 432 g/mol. The van der Waals surface area contributed by atoms with E-state index in [2.05, 4.69) is 10.1 Å². The molecule has 0 fully saturated rings. The van der Waals surface area contributed by atoms with Gasteiger partial charge in [-0.15, -0.1) is 0 Å². The van der Waals surface area contributed by atoms with Crippen molar-refractivity contribution in [3.63, 3.8) is 0 Å². The highest BCUT2D eigenvalue weighted by Crippen LogP contribution is 2.35. The minimum absolute atomic E-state index is 0.296. The minimum Gasteiger partial charge on any atom is -0.443 e. The van der Waals surface area contributed by atoms with Crippen LogP contribution in [0.3, 0.4) is 0 Å². The highest BCUT2D eigenvalue weighted by molar-refractivity contribution is 5.95. The first-order valence-electron chi connectivity index (χ1n) is 10.4. The van der Waals surface area contributed by atoms with Crippen molar-refractivity contribution in [2.75, 3.05) is 0 Å². The summed E-state index contributed by atoms with van der Waals surface area (Å²) in [6, 6.07) is 14.7. The second-order valence-corrected chi connectivity index (χ2v) is 8.50. The van der Waals surface area contributed by atoms with Crippen LogP contribution in [0.15, 0.2) is 60.9 Å². The minimum atomic E-state index is -0.843. The van der Waals surface area contributed by atoms with Crippen molar-refractivity contribution in [1.82, 2.24) is 14.8 Å². The molecule has 164 valence electrons. The molecule has 0 aliphatic heterocycles. The number of ether oxygens (including phenoxy) is 1. The molecule has 0 unspecified atom stereocenters. The molecule has 1 amide bonds. The Labute approximate surface area is 185 Å². The fourth-order valence-electron chi connectivity index (χ4n) is 4.07. The van der Waals surface area contributed by atoms with E-state index in [1.54, 1.807) is 32.3 Å². The third-order valence-electron chi connectivity index (χ3n) is 5.37. The van der Waals surface area contributed by atoms with Gasteiger partial charge in [0.1, 0.15) is 11.4 Å². The van der Waals surface area contributed by atoms with Crippen molar-refractivity contribution in [3.05, 3.63) is 83.4 Å². The van der Waals surface area contributed by atoms with Crippen molar-refractivity contribution < 1.29 is 13.9 Å². The summed E-state index contributed by atoms with van der Waals surface area (Å²) < 4.78 is 21.0. The standard InChI is InChI=1S/C25H25FN4O2/c1-16-11-19(26)9-10-20(16)22-18(12-25(2,3)32-24(27)31)13-28-23-21(22)14-29-30(23)15-17-7-5-4-6-8-17/h4-11,13-14H,12,15H2,1-3H3,(H2,27,31). The molecule has 7 heteroatoms. The van der Waals surface area contributed by atoms with E-state index >= 15 is 0 Å². The number of carbonyl (C=O) groups excluding carboxylic acids is 1. The van der Waals surface area contributed by atoms with E-state index in [4.69, 9.17) is 10.5 Å². The maximum absolute atomic E-state index is 13.8. The number of aryl methyl sites for hydroxylation is 1. The lowest BCUT2D eigenvalue weighted by atomic mass is 9.89. The number of halogens is 1. The molecule has 0 atom stereocenters. The second-order valence-electron chi connectivity index (χ2n) is 8.50. The highest BCUT2D eigenvalue weighted by atomic mass is 19.1. The van der Waals surface area contributed by atoms with Gasteiger partial charge in [0.15, 0.2) is 5.65 Å². The van der Waals surface area contributed by atoms with Crippen molar-refractivity contribution in [2.45, 2.75) is 39.3 Å². The molecule has 0 saturated carbocycles. The van der Waals surface area contributed by atoms with Gasteiger partial charge in [0.05, 0.1) is 12.7 Å². The molecule has 0 aliphatic carbocycles. The molecular weight excluding hydrogens is 407 g/mol. The summed E-state index contributed by atoms with van der Waals surface area (Å²) in [5, 5.41) is 5.43. The quantitative estimate of drug-likeness (QED) is 0.464. The molecule has 4 aromatic rings. The Bertz CT molecular complexity index is 1280. The number of rotatable bonds is 6. The summed E-state index contributed by atoms with van der Waals surface area (Å²) in [5.41, 5.74) is 9.68. The molecule has 4 rings (SSSR count).